The molecule has 0 bridgehead atoms. The van der Waals surface area contributed by atoms with E-state index in [0.717, 1.165) is 32.6 Å². The lowest BCUT2D eigenvalue weighted by Crippen LogP contribution is -2.44. The Bertz CT molecular complexity index is 568. The first-order valence-electron chi connectivity index (χ1n) is 7.76. The van der Waals surface area contributed by atoms with E-state index in [1.165, 1.54) is 16.7 Å². The van der Waals surface area contributed by atoms with E-state index in [1.54, 1.807) is 0 Å². The summed E-state index contributed by atoms with van der Waals surface area (Å²) >= 11 is 0. The van der Waals surface area contributed by atoms with E-state index in [4.69, 9.17) is 0 Å². The van der Waals surface area contributed by atoms with Gasteiger partial charge in [0.15, 0.2) is 0 Å². The van der Waals surface area contributed by atoms with Gasteiger partial charge in [0, 0.05) is 38.1 Å². The topological polar surface area (TPSA) is 28.2 Å². The van der Waals surface area contributed by atoms with Crippen LogP contribution in [0.1, 0.15) is 23.6 Å². The number of hydrogen-bond acceptors (Lipinski definition) is 3. The van der Waals surface area contributed by atoms with Crippen LogP contribution in [0.25, 0.3) is 0 Å². The second-order valence-electron chi connectivity index (χ2n) is 5.73. The van der Waals surface area contributed by atoms with Crippen molar-refractivity contribution < 1.29 is 0 Å². The third kappa shape index (κ3) is 3.69. The first kappa shape index (κ1) is 14.2. The lowest BCUT2D eigenvalue weighted by molar-refractivity contribution is 0.239. The van der Waals surface area contributed by atoms with E-state index in [-0.39, 0.29) is 0 Å². The zero-order valence-electron chi connectivity index (χ0n) is 12.6. The van der Waals surface area contributed by atoms with Crippen molar-refractivity contribution in [3.8, 4) is 0 Å². The molecule has 0 aliphatic carbocycles. The van der Waals surface area contributed by atoms with Gasteiger partial charge in [-0.25, -0.2) is 0 Å². The Labute approximate surface area is 127 Å². The van der Waals surface area contributed by atoms with Crippen LogP contribution in [-0.2, 0) is 19.5 Å². The summed E-state index contributed by atoms with van der Waals surface area (Å²) in [6.07, 6.45) is 4.87. The minimum atomic E-state index is 0.543. The van der Waals surface area contributed by atoms with Gasteiger partial charge >= 0.3 is 0 Å². The van der Waals surface area contributed by atoms with Crippen molar-refractivity contribution in [1.29, 1.82) is 0 Å². The predicted octanol–water partition coefficient (Wildman–Crippen LogP) is 2.62. The number of nitrogens with zero attached hydrogens (tertiary/aromatic N) is 2. The van der Waals surface area contributed by atoms with Gasteiger partial charge in [-0.3, -0.25) is 9.88 Å². The van der Waals surface area contributed by atoms with E-state index < -0.39 is 0 Å². The quantitative estimate of drug-likeness (QED) is 0.913. The molecule has 3 heteroatoms. The maximum absolute atomic E-state index is 4.09. The number of nitrogens with one attached hydrogen (secondary N) is 1. The monoisotopic (exact) mass is 281 g/mol. The van der Waals surface area contributed by atoms with Crippen LogP contribution in [0.3, 0.4) is 0 Å². The normalized spacial score (nSPS) is 17.7. The number of fused-ring (bicyclic) bond motifs is 1. The minimum absolute atomic E-state index is 0.543. The fourth-order valence-electron chi connectivity index (χ4n) is 3.01. The maximum Gasteiger partial charge on any atom is 0.0271 e. The van der Waals surface area contributed by atoms with E-state index >= 15 is 0 Å². The minimum Gasteiger partial charge on any atom is -0.308 e. The smallest absolute Gasteiger partial charge is 0.0271 e. The third-order valence-corrected chi connectivity index (χ3v) is 4.25. The molecular weight excluding hydrogens is 258 g/mol. The average molecular weight is 281 g/mol. The SMILES string of the molecule is CCN(Cc1ccncc1)CC1Cc2ccccc2CN1. The molecule has 2 heterocycles. The molecule has 0 saturated heterocycles. The Morgan fingerprint density at radius 2 is 1.90 bits per heavy atom. The van der Waals surface area contributed by atoms with Crippen LogP contribution in [0.4, 0.5) is 0 Å². The molecule has 0 saturated carbocycles. The van der Waals surface area contributed by atoms with Crippen LogP contribution in [0.15, 0.2) is 48.8 Å². The third-order valence-electron chi connectivity index (χ3n) is 4.25. The van der Waals surface area contributed by atoms with E-state index in [2.05, 4.69) is 58.5 Å². The lowest BCUT2D eigenvalue weighted by Gasteiger charge is -2.31. The molecule has 3 rings (SSSR count). The fourth-order valence-corrected chi connectivity index (χ4v) is 3.01. The molecule has 0 amide bonds. The van der Waals surface area contributed by atoms with Gasteiger partial charge in [-0.2, -0.15) is 0 Å². The van der Waals surface area contributed by atoms with Crippen LogP contribution in [0.5, 0.6) is 0 Å². The van der Waals surface area contributed by atoms with Gasteiger partial charge in [0.2, 0.25) is 0 Å². The Hall–Kier alpha value is -1.71. The molecule has 1 N–H and O–H groups in total. The molecule has 0 radical (unpaired) electrons. The van der Waals surface area contributed by atoms with Crippen LogP contribution >= 0.6 is 0 Å². The van der Waals surface area contributed by atoms with Crippen molar-refractivity contribution in [2.75, 3.05) is 13.1 Å². The van der Waals surface area contributed by atoms with Gasteiger partial charge < -0.3 is 5.32 Å². The van der Waals surface area contributed by atoms with Crippen molar-refractivity contribution in [3.05, 3.63) is 65.5 Å². The molecule has 0 spiro atoms. The van der Waals surface area contributed by atoms with E-state index in [9.17, 15) is 0 Å². The van der Waals surface area contributed by atoms with E-state index in [0.29, 0.717) is 6.04 Å². The summed E-state index contributed by atoms with van der Waals surface area (Å²) in [4.78, 5) is 6.59. The number of aromatic nitrogens is 1. The summed E-state index contributed by atoms with van der Waals surface area (Å²) in [6.45, 7) is 6.39. The van der Waals surface area contributed by atoms with Crippen molar-refractivity contribution in [2.45, 2.75) is 32.5 Å². The molecule has 1 aliphatic rings. The molecule has 0 fully saturated rings. The van der Waals surface area contributed by atoms with Crippen molar-refractivity contribution in [1.82, 2.24) is 15.2 Å². The molecule has 1 aromatic heterocycles. The Kier molecular flexibility index (Phi) is 4.63. The molecule has 1 atom stereocenters. The molecule has 3 nitrogen and oxygen atoms in total. The van der Waals surface area contributed by atoms with Crippen molar-refractivity contribution in [3.63, 3.8) is 0 Å². The zero-order valence-corrected chi connectivity index (χ0v) is 12.6. The summed E-state index contributed by atoms with van der Waals surface area (Å²) in [6, 6.07) is 13.5. The highest BCUT2D eigenvalue weighted by molar-refractivity contribution is 5.30. The van der Waals surface area contributed by atoms with E-state index in [1.807, 2.05) is 12.4 Å². The second-order valence-corrected chi connectivity index (χ2v) is 5.73. The van der Waals surface area contributed by atoms with Gasteiger partial charge in [-0.05, 0) is 41.8 Å². The van der Waals surface area contributed by atoms with Crippen molar-refractivity contribution in [2.24, 2.45) is 0 Å². The molecule has 1 unspecified atom stereocenters. The van der Waals surface area contributed by atoms with Crippen LogP contribution in [0.2, 0.25) is 0 Å². The highest BCUT2D eigenvalue weighted by atomic mass is 15.1. The summed E-state index contributed by atoms with van der Waals surface area (Å²) in [7, 11) is 0. The summed E-state index contributed by atoms with van der Waals surface area (Å²) in [5.74, 6) is 0. The number of rotatable bonds is 5. The number of benzene rings is 1. The second kappa shape index (κ2) is 6.83. The molecule has 110 valence electrons. The first-order chi connectivity index (χ1) is 10.3. The highest BCUT2D eigenvalue weighted by Gasteiger charge is 2.19. The maximum atomic E-state index is 4.09. The van der Waals surface area contributed by atoms with Crippen LogP contribution in [0, 0.1) is 0 Å². The number of likely N-dealkylation sites (N-methyl/N-ethyl adjacent to an activating group) is 1. The largest absolute Gasteiger partial charge is 0.308 e. The summed E-state index contributed by atoms with van der Waals surface area (Å²) in [5, 5.41) is 3.67. The van der Waals surface area contributed by atoms with Gasteiger partial charge in [-0.15, -0.1) is 0 Å². The van der Waals surface area contributed by atoms with Crippen LogP contribution in [-0.4, -0.2) is 29.0 Å². The van der Waals surface area contributed by atoms with Gasteiger partial charge in [-0.1, -0.05) is 31.2 Å². The first-order valence-corrected chi connectivity index (χ1v) is 7.76. The molecule has 21 heavy (non-hydrogen) atoms. The van der Waals surface area contributed by atoms with Crippen molar-refractivity contribution >= 4 is 0 Å². The molecule has 1 aliphatic heterocycles. The Morgan fingerprint density at radius 1 is 1.14 bits per heavy atom. The number of pyridine rings is 1. The van der Waals surface area contributed by atoms with Crippen LogP contribution < -0.4 is 5.32 Å². The van der Waals surface area contributed by atoms with Gasteiger partial charge in [0.05, 0.1) is 0 Å². The summed E-state index contributed by atoms with van der Waals surface area (Å²) < 4.78 is 0. The number of hydrogen-bond donors (Lipinski definition) is 1. The Balaban J connectivity index is 1.60. The van der Waals surface area contributed by atoms with Gasteiger partial charge in [0.25, 0.3) is 0 Å². The molecule has 2 aromatic rings. The predicted molar refractivity (Wildman–Crippen MR) is 86.0 cm³/mol. The zero-order chi connectivity index (χ0) is 14.5. The average Bonchev–Trinajstić information content (AvgIpc) is 2.55. The molecule has 1 aromatic carbocycles. The standard InChI is InChI=1S/C18H23N3/c1-2-21(13-15-7-9-19-10-8-15)14-18-11-16-5-3-4-6-17(16)12-20-18/h3-10,18,20H,2,11-14H2,1H3. The van der Waals surface area contributed by atoms with Gasteiger partial charge in [0.1, 0.15) is 0 Å². The summed E-state index contributed by atoms with van der Waals surface area (Å²) in [5.41, 5.74) is 4.29. The molecular formula is C18H23N3. The Morgan fingerprint density at radius 3 is 2.67 bits per heavy atom. The fraction of sp³-hybridized carbons (Fsp3) is 0.389. The lowest BCUT2D eigenvalue weighted by atomic mass is 9.95. The highest BCUT2D eigenvalue weighted by Crippen LogP contribution is 2.17.